The first-order valence-electron chi connectivity index (χ1n) is 5.75. The Balaban J connectivity index is 1.95. The second-order valence-electron chi connectivity index (χ2n) is 4.08. The molecule has 0 saturated carbocycles. The number of carbonyl (C=O) groups is 1. The van der Waals surface area contributed by atoms with E-state index in [0.717, 1.165) is 18.8 Å². The lowest BCUT2D eigenvalue weighted by molar-refractivity contribution is -0.141. The maximum absolute atomic E-state index is 11.3. The van der Waals surface area contributed by atoms with Crippen LogP contribution in [0.15, 0.2) is 30.3 Å². The maximum Gasteiger partial charge on any atom is 0.319 e. The van der Waals surface area contributed by atoms with Crippen molar-refractivity contribution in [2.24, 2.45) is 0 Å². The number of ether oxygens (including phenoxy) is 1. The SMILES string of the molecule is COC(=O)CN1CCS[C@H](c2ccccc2)C1. The molecule has 0 aliphatic carbocycles. The minimum absolute atomic E-state index is 0.149. The Morgan fingerprint density at radius 3 is 2.94 bits per heavy atom. The fourth-order valence-corrected chi connectivity index (χ4v) is 3.28. The van der Waals surface area contributed by atoms with Gasteiger partial charge in [-0.15, -0.1) is 0 Å². The van der Waals surface area contributed by atoms with Crippen molar-refractivity contribution in [1.29, 1.82) is 0 Å². The third-order valence-electron chi connectivity index (χ3n) is 2.90. The highest BCUT2D eigenvalue weighted by molar-refractivity contribution is 7.99. The van der Waals surface area contributed by atoms with Crippen LogP contribution in [0, 0.1) is 0 Å². The first kappa shape index (κ1) is 12.5. The van der Waals surface area contributed by atoms with E-state index in [1.165, 1.54) is 12.7 Å². The van der Waals surface area contributed by atoms with E-state index in [1.807, 2.05) is 17.8 Å². The molecule has 17 heavy (non-hydrogen) atoms. The van der Waals surface area contributed by atoms with Gasteiger partial charge in [0.15, 0.2) is 0 Å². The van der Waals surface area contributed by atoms with Gasteiger partial charge in [0.1, 0.15) is 0 Å². The highest BCUT2D eigenvalue weighted by Crippen LogP contribution is 2.32. The van der Waals surface area contributed by atoms with Crippen molar-refractivity contribution in [2.75, 3.05) is 32.5 Å². The van der Waals surface area contributed by atoms with Gasteiger partial charge in [0.2, 0.25) is 0 Å². The van der Waals surface area contributed by atoms with E-state index in [-0.39, 0.29) is 5.97 Å². The average molecular weight is 251 g/mol. The number of rotatable bonds is 3. The van der Waals surface area contributed by atoms with Gasteiger partial charge in [0.25, 0.3) is 0 Å². The molecule has 0 radical (unpaired) electrons. The topological polar surface area (TPSA) is 29.5 Å². The second-order valence-corrected chi connectivity index (χ2v) is 5.39. The van der Waals surface area contributed by atoms with Crippen molar-refractivity contribution in [1.82, 2.24) is 4.90 Å². The van der Waals surface area contributed by atoms with E-state index in [0.29, 0.717) is 11.8 Å². The van der Waals surface area contributed by atoms with Crippen molar-refractivity contribution in [3.8, 4) is 0 Å². The van der Waals surface area contributed by atoms with E-state index in [2.05, 4.69) is 29.2 Å². The fraction of sp³-hybridized carbons (Fsp3) is 0.462. The summed E-state index contributed by atoms with van der Waals surface area (Å²) in [4.78, 5) is 13.4. The Kier molecular flexibility index (Phi) is 4.45. The van der Waals surface area contributed by atoms with E-state index in [1.54, 1.807) is 0 Å². The molecule has 0 bridgehead atoms. The lowest BCUT2D eigenvalue weighted by Gasteiger charge is -2.31. The predicted molar refractivity (Wildman–Crippen MR) is 70.1 cm³/mol. The fourth-order valence-electron chi connectivity index (χ4n) is 1.96. The number of carbonyl (C=O) groups excluding carboxylic acids is 1. The van der Waals surface area contributed by atoms with Crippen LogP contribution in [-0.4, -0.2) is 43.4 Å². The van der Waals surface area contributed by atoms with Gasteiger partial charge < -0.3 is 4.74 Å². The summed E-state index contributed by atoms with van der Waals surface area (Å²) >= 11 is 1.96. The van der Waals surface area contributed by atoms with E-state index >= 15 is 0 Å². The lowest BCUT2D eigenvalue weighted by Crippen LogP contribution is -2.38. The minimum atomic E-state index is -0.149. The summed E-state index contributed by atoms with van der Waals surface area (Å²) < 4.78 is 4.71. The minimum Gasteiger partial charge on any atom is -0.468 e. The molecule has 1 aromatic carbocycles. The molecule has 0 amide bonds. The molecular weight excluding hydrogens is 234 g/mol. The Labute approximate surface area is 106 Å². The molecule has 0 N–H and O–H groups in total. The normalized spacial score (nSPS) is 21.1. The van der Waals surface area contributed by atoms with Crippen LogP contribution in [0.2, 0.25) is 0 Å². The van der Waals surface area contributed by atoms with Crippen LogP contribution in [0.5, 0.6) is 0 Å². The standard InChI is InChI=1S/C13H17NO2S/c1-16-13(15)10-14-7-8-17-12(9-14)11-5-3-2-4-6-11/h2-6,12H,7-10H2,1H3/t12-/m0/s1. The number of methoxy groups -OCH3 is 1. The van der Waals surface area contributed by atoms with Crippen LogP contribution in [-0.2, 0) is 9.53 Å². The third-order valence-corrected chi connectivity index (χ3v) is 4.14. The molecule has 1 heterocycles. The van der Waals surface area contributed by atoms with Crippen LogP contribution in [0.4, 0.5) is 0 Å². The zero-order valence-electron chi connectivity index (χ0n) is 9.96. The van der Waals surface area contributed by atoms with Crippen molar-refractivity contribution < 1.29 is 9.53 Å². The van der Waals surface area contributed by atoms with Crippen molar-refractivity contribution in [3.05, 3.63) is 35.9 Å². The smallest absolute Gasteiger partial charge is 0.319 e. The number of thioether (sulfide) groups is 1. The summed E-state index contributed by atoms with van der Waals surface area (Å²) in [5, 5.41) is 0.467. The Bertz CT molecular complexity index is 369. The highest BCUT2D eigenvalue weighted by Gasteiger charge is 2.23. The molecule has 1 saturated heterocycles. The number of hydrogen-bond acceptors (Lipinski definition) is 4. The molecule has 1 fully saturated rings. The molecule has 1 aliphatic rings. The molecule has 3 nitrogen and oxygen atoms in total. The van der Waals surface area contributed by atoms with Crippen LogP contribution in [0.3, 0.4) is 0 Å². The first-order chi connectivity index (χ1) is 8.29. The van der Waals surface area contributed by atoms with Crippen molar-refractivity contribution >= 4 is 17.7 Å². The Morgan fingerprint density at radius 2 is 2.24 bits per heavy atom. The van der Waals surface area contributed by atoms with Crippen LogP contribution >= 0.6 is 11.8 Å². The molecule has 0 aromatic heterocycles. The summed E-state index contributed by atoms with van der Waals surface area (Å²) in [5.41, 5.74) is 1.34. The van der Waals surface area contributed by atoms with Gasteiger partial charge in [0.05, 0.1) is 13.7 Å². The van der Waals surface area contributed by atoms with Gasteiger partial charge in [-0.25, -0.2) is 0 Å². The van der Waals surface area contributed by atoms with Gasteiger partial charge in [-0.05, 0) is 5.56 Å². The summed E-state index contributed by atoms with van der Waals surface area (Å²) in [7, 11) is 1.44. The van der Waals surface area contributed by atoms with E-state index in [4.69, 9.17) is 4.74 Å². The predicted octanol–water partition coefficient (Wildman–Crippen LogP) is 1.95. The summed E-state index contributed by atoms with van der Waals surface area (Å²) in [6, 6.07) is 10.5. The van der Waals surface area contributed by atoms with Gasteiger partial charge in [-0.3, -0.25) is 9.69 Å². The van der Waals surface area contributed by atoms with Crippen molar-refractivity contribution in [2.45, 2.75) is 5.25 Å². The Morgan fingerprint density at radius 1 is 1.47 bits per heavy atom. The van der Waals surface area contributed by atoms with E-state index < -0.39 is 0 Å². The Hall–Kier alpha value is -1.00. The average Bonchev–Trinajstić information content (AvgIpc) is 2.40. The summed E-state index contributed by atoms with van der Waals surface area (Å²) in [5.74, 6) is 0.917. The molecule has 1 aliphatic heterocycles. The number of nitrogens with zero attached hydrogens (tertiary/aromatic N) is 1. The number of benzene rings is 1. The number of esters is 1. The molecule has 4 heteroatoms. The van der Waals surface area contributed by atoms with Gasteiger partial charge in [-0.2, -0.15) is 11.8 Å². The van der Waals surface area contributed by atoms with Crippen LogP contribution in [0.25, 0.3) is 0 Å². The highest BCUT2D eigenvalue weighted by atomic mass is 32.2. The molecule has 1 aromatic rings. The summed E-state index contributed by atoms with van der Waals surface area (Å²) in [6.07, 6.45) is 0. The molecule has 92 valence electrons. The van der Waals surface area contributed by atoms with Gasteiger partial charge in [0, 0.05) is 24.1 Å². The third kappa shape index (κ3) is 3.48. The van der Waals surface area contributed by atoms with Gasteiger partial charge in [-0.1, -0.05) is 30.3 Å². The lowest BCUT2D eigenvalue weighted by atomic mass is 10.1. The van der Waals surface area contributed by atoms with Gasteiger partial charge >= 0.3 is 5.97 Å². The zero-order chi connectivity index (χ0) is 12.1. The van der Waals surface area contributed by atoms with Crippen molar-refractivity contribution in [3.63, 3.8) is 0 Å². The molecule has 0 unspecified atom stereocenters. The molecular formula is C13H17NO2S. The molecule has 2 rings (SSSR count). The number of hydrogen-bond donors (Lipinski definition) is 0. The molecule has 1 atom stereocenters. The molecule has 0 spiro atoms. The zero-order valence-corrected chi connectivity index (χ0v) is 10.8. The quantitative estimate of drug-likeness (QED) is 0.768. The van der Waals surface area contributed by atoms with Crippen LogP contribution in [0.1, 0.15) is 10.8 Å². The largest absolute Gasteiger partial charge is 0.468 e. The van der Waals surface area contributed by atoms with Crippen LogP contribution < -0.4 is 0 Å². The maximum atomic E-state index is 11.3. The first-order valence-corrected chi connectivity index (χ1v) is 6.80. The monoisotopic (exact) mass is 251 g/mol. The van der Waals surface area contributed by atoms with E-state index in [9.17, 15) is 4.79 Å². The second kappa shape index (κ2) is 6.07. The summed E-state index contributed by atoms with van der Waals surface area (Å²) in [6.45, 7) is 2.28.